The standard InChI is InChI=1S/C26H29N5O5/c1-3-36-24(32)15-14-21(31-26(34)29-18-9-11-19(35-2)12-10-18)17-8-13-23(28-16-17)25(33)30-22-7-5-4-6-20(22)27/h4-13,16,21H,3,14-15,27H2,1-2H3,(H,30,33)(H2,29,31,34). The van der Waals surface area contributed by atoms with Gasteiger partial charge in [0.2, 0.25) is 0 Å². The topological polar surface area (TPSA) is 145 Å². The van der Waals surface area contributed by atoms with Crippen molar-refractivity contribution in [3.63, 3.8) is 0 Å². The molecule has 36 heavy (non-hydrogen) atoms. The van der Waals surface area contributed by atoms with Crippen molar-refractivity contribution in [2.45, 2.75) is 25.8 Å². The Bertz CT molecular complexity index is 1180. The van der Waals surface area contributed by atoms with Gasteiger partial charge in [0, 0.05) is 18.3 Å². The molecule has 3 amide bonds. The smallest absolute Gasteiger partial charge is 0.319 e. The van der Waals surface area contributed by atoms with Gasteiger partial charge in [0.25, 0.3) is 5.91 Å². The number of nitrogen functional groups attached to an aromatic ring is 1. The van der Waals surface area contributed by atoms with Gasteiger partial charge in [-0.05, 0) is 61.4 Å². The lowest BCUT2D eigenvalue weighted by molar-refractivity contribution is -0.143. The highest BCUT2D eigenvalue weighted by Gasteiger charge is 2.19. The van der Waals surface area contributed by atoms with Gasteiger partial charge >= 0.3 is 12.0 Å². The molecule has 3 aromatic rings. The van der Waals surface area contributed by atoms with Crippen LogP contribution in [0.4, 0.5) is 21.9 Å². The summed E-state index contributed by atoms with van der Waals surface area (Å²) >= 11 is 0. The largest absolute Gasteiger partial charge is 0.497 e. The van der Waals surface area contributed by atoms with E-state index in [0.29, 0.717) is 28.4 Å². The van der Waals surface area contributed by atoms with Crippen LogP contribution in [0.3, 0.4) is 0 Å². The quantitative estimate of drug-likeness (QED) is 0.246. The van der Waals surface area contributed by atoms with E-state index in [4.69, 9.17) is 15.2 Å². The van der Waals surface area contributed by atoms with E-state index in [1.807, 2.05) is 0 Å². The maximum atomic E-state index is 12.7. The number of pyridine rings is 1. The van der Waals surface area contributed by atoms with Gasteiger partial charge in [0.05, 0.1) is 31.1 Å². The summed E-state index contributed by atoms with van der Waals surface area (Å²) in [4.78, 5) is 41.4. The summed E-state index contributed by atoms with van der Waals surface area (Å²) in [6.45, 7) is 2.00. The summed E-state index contributed by atoms with van der Waals surface area (Å²) in [6.07, 6.45) is 1.87. The fourth-order valence-electron chi connectivity index (χ4n) is 3.36. The van der Waals surface area contributed by atoms with Crippen molar-refractivity contribution < 1.29 is 23.9 Å². The van der Waals surface area contributed by atoms with Gasteiger partial charge in [-0.3, -0.25) is 14.6 Å². The Kier molecular flexibility index (Phi) is 9.21. The van der Waals surface area contributed by atoms with Gasteiger partial charge in [0.15, 0.2) is 0 Å². The highest BCUT2D eigenvalue weighted by atomic mass is 16.5. The SMILES string of the molecule is CCOC(=O)CCC(NC(=O)Nc1ccc(OC)cc1)c1ccc(C(=O)Nc2ccccc2N)nc1. The Labute approximate surface area is 209 Å². The molecule has 1 atom stereocenters. The first-order valence-corrected chi connectivity index (χ1v) is 11.4. The number of carbonyl (C=O) groups excluding carboxylic acids is 3. The van der Waals surface area contributed by atoms with E-state index in [2.05, 4.69) is 20.9 Å². The number of anilines is 3. The van der Waals surface area contributed by atoms with Crippen LogP contribution in [0, 0.1) is 0 Å². The number of hydrogen-bond donors (Lipinski definition) is 4. The third-order valence-corrected chi connectivity index (χ3v) is 5.23. The summed E-state index contributed by atoms with van der Waals surface area (Å²) < 4.78 is 10.1. The zero-order valence-corrected chi connectivity index (χ0v) is 20.1. The molecule has 0 aliphatic rings. The van der Waals surface area contributed by atoms with E-state index in [-0.39, 0.29) is 31.1 Å². The van der Waals surface area contributed by atoms with Gasteiger partial charge in [-0.2, -0.15) is 0 Å². The second kappa shape index (κ2) is 12.7. The molecule has 10 nitrogen and oxygen atoms in total. The fraction of sp³-hybridized carbons (Fsp3) is 0.231. The van der Waals surface area contributed by atoms with E-state index in [1.54, 1.807) is 74.7 Å². The lowest BCUT2D eigenvalue weighted by atomic mass is 10.0. The first-order valence-electron chi connectivity index (χ1n) is 11.4. The van der Waals surface area contributed by atoms with Crippen molar-refractivity contribution in [3.05, 3.63) is 78.1 Å². The van der Waals surface area contributed by atoms with Crippen LogP contribution in [-0.4, -0.2) is 36.6 Å². The molecular formula is C26H29N5O5. The van der Waals surface area contributed by atoms with Gasteiger partial charge in [-0.15, -0.1) is 0 Å². The first-order chi connectivity index (χ1) is 17.4. The number of urea groups is 1. The Morgan fingerprint density at radius 3 is 2.39 bits per heavy atom. The lowest BCUT2D eigenvalue weighted by Crippen LogP contribution is -2.33. The van der Waals surface area contributed by atoms with Crippen LogP contribution in [0.15, 0.2) is 66.9 Å². The van der Waals surface area contributed by atoms with Crippen LogP contribution in [0.25, 0.3) is 0 Å². The molecule has 0 saturated heterocycles. The number of aromatic nitrogens is 1. The van der Waals surface area contributed by atoms with E-state index in [9.17, 15) is 14.4 Å². The van der Waals surface area contributed by atoms with Crippen molar-refractivity contribution >= 4 is 35.0 Å². The first kappa shape index (κ1) is 26.0. The molecule has 5 N–H and O–H groups in total. The number of hydrogen-bond acceptors (Lipinski definition) is 7. The molecule has 3 rings (SSSR count). The fourth-order valence-corrected chi connectivity index (χ4v) is 3.36. The number of rotatable bonds is 10. The summed E-state index contributed by atoms with van der Waals surface area (Å²) in [6, 6.07) is 16.0. The van der Waals surface area contributed by atoms with Crippen LogP contribution in [0.2, 0.25) is 0 Å². The number of benzene rings is 2. The summed E-state index contributed by atoms with van der Waals surface area (Å²) in [5, 5.41) is 8.33. The van der Waals surface area contributed by atoms with E-state index >= 15 is 0 Å². The van der Waals surface area contributed by atoms with Crippen LogP contribution in [0.5, 0.6) is 5.75 Å². The molecule has 10 heteroatoms. The monoisotopic (exact) mass is 491 g/mol. The summed E-state index contributed by atoms with van der Waals surface area (Å²) in [7, 11) is 1.56. The number of carbonyl (C=O) groups is 3. The minimum absolute atomic E-state index is 0.0941. The number of ether oxygens (including phenoxy) is 2. The third-order valence-electron chi connectivity index (χ3n) is 5.23. The molecule has 0 radical (unpaired) electrons. The molecule has 0 saturated carbocycles. The number of para-hydroxylation sites is 2. The van der Waals surface area contributed by atoms with E-state index < -0.39 is 18.0 Å². The van der Waals surface area contributed by atoms with Crippen molar-refractivity contribution in [2.24, 2.45) is 0 Å². The molecule has 1 unspecified atom stereocenters. The van der Waals surface area contributed by atoms with Crippen LogP contribution < -0.4 is 26.4 Å². The van der Waals surface area contributed by atoms with Crippen LogP contribution >= 0.6 is 0 Å². The highest BCUT2D eigenvalue weighted by molar-refractivity contribution is 6.04. The van der Waals surface area contributed by atoms with Crippen molar-refractivity contribution in [1.82, 2.24) is 10.3 Å². The normalized spacial score (nSPS) is 11.2. The van der Waals surface area contributed by atoms with Gasteiger partial charge < -0.3 is 31.2 Å². The molecular weight excluding hydrogens is 462 g/mol. The number of nitrogens with zero attached hydrogens (tertiary/aromatic N) is 1. The van der Waals surface area contributed by atoms with Crippen LogP contribution in [0.1, 0.15) is 41.9 Å². The summed E-state index contributed by atoms with van der Waals surface area (Å²) in [5.74, 6) is -0.129. The number of esters is 1. The second-order valence-corrected chi connectivity index (χ2v) is 7.74. The van der Waals surface area contributed by atoms with Crippen LogP contribution in [-0.2, 0) is 9.53 Å². The van der Waals surface area contributed by atoms with Gasteiger partial charge in [-0.25, -0.2) is 4.79 Å². The highest BCUT2D eigenvalue weighted by Crippen LogP contribution is 2.21. The molecule has 1 heterocycles. The zero-order chi connectivity index (χ0) is 25.9. The van der Waals surface area contributed by atoms with E-state index in [1.165, 1.54) is 6.20 Å². The molecule has 0 bridgehead atoms. The number of nitrogens with two attached hydrogens (primary N) is 1. The predicted molar refractivity (Wildman–Crippen MR) is 137 cm³/mol. The predicted octanol–water partition coefficient (Wildman–Crippen LogP) is 4.13. The average molecular weight is 492 g/mol. The minimum Gasteiger partial charge on any atom is -0.497 e. The second-order valence-electron chi connectivity index (χ2n) is 7.74. The maximum Gasteiger partial charge on any atom is 0.319 e. The molecule has 1 aromatic heterocycles. The Morgan fingerprint density at radius 1 is 1.00 bits per heavy atom. The zero-order valence-electron chi connectivity index (χ0n) is 20.1. The van der Waals surface area contributed by atoms with Gasteiger partial charge in [-0.1, -0.05) is 18.2 Å². The molecule has 0 fully saturated rings. The average Bonchev–Trinajstić information content (AvgIpc) is 2.88. The Balaban J connectivity index is 1.70. The Hall–Kier alpha value is -4.60. The number of nitrogens with one attached hydrogen (secondary N) is 3. The minimum atomic E-state index is -0.554. The van der Waals surface area contributed by atoms with E-state index in [0.717, 1.165) is 0 Å². The van der Waals surface area contributed by atoms with Crippen molar-refractivity contribution in [2.75, 3.05) is 30.1 Å². The molecule has 2 aromatic carbocycles. The van der Waals surface area contributed by atoms with Crippen molar-refractivity contribution in [1.29, 1.82) is 0 Å². The molecule has 0 spiro atoms. The van der Waals surface area contributed by atoms with Crippen molar-refractivity contribution in [3.8, 4) is 5.75 Å². The molecule has 188 valence electrons. The number of methoxy groups -OCH3 is 1. The molecule has 0 aliphatic carbocycles. The maximum absolute atomic E-state index is 12.7. The summed E-state index contributed by atoms with van der Waals surface area (Å²) in [5.41, 5.74) is 8.17. The number of amides is 3. The van der Waals surface area contributed by atoms with Gasteiger partial charge in [0.1, 0.15) is 11.4 Å². The Morgan fingerprint density at radius 2 is 1.75 bits per heavy atom. The lowest BCUT2D eigenvalue weighted by Gasteiger charge is -2.19. The third kappa shape index (κ3) is 7.45. The molecule has 0 aliphatic heterocycles.